The van der Waals surface area contributed by atoms with E-state index in [1.54, 1.807) is 0 Å². The number of hydrogen-bond acceptors (Lipinski definition) is 5. The van der Waals surface area contributed by atoms with E-state index in [1.165, 1.54) is 36.6 Å². The zero-order chi connectivity index (χ0) is 15.6. The summed E-state index contributed by atoms with van der Waals surface area (Å²) >= 11 is 0. The third-order valence-corrected chi connectivity index (χ3v) is 5.89. The quantitative estimate of drug-likeness (QED) is 0.664. The SMILES string of the molecule is CNc1cccc(S(=O)(=O)N(C)C2CCCC2)c1[N+](=O)[O-]. The predicted octanol–water partition coefficient (Wildman–Crippen LogP) is 2.20. The van der Waals surface area contributed by atoms with Crippen molar-refractivity contribution in [3.05, 3.63) is 28.3 Å². The highest BCUT2D eigenvalue weighted by molar-refractivity contribution is 7.89. The third-order valence-electron chi connectivity index (χ3n) is 3.95. The van der Waals surface area contributed by atoms with E-state index in [2.05, 4.69) is 5.32 Å². The molecule has 0 atom stereocenters. The van der Waals surface area contributed by atoms with E-state index in [4.69, 9.17) is 0 Å². The van der Waals surface area contributed by atoms with E-state index in [1.807, 2.05) is 0 Å². The summed E-state index contributed by atoms with van der Waals surface area (Å²) in [6.07, 6.45) is 3.58. The van der Waals surface area contributed by atoms with Crippen molar-refractivity contribution in [1.29, 1.82) is 0 Å². The van der Waals surface area contributed by atoms with Crippen molar-refractivity contribution in [2.75, 3.05) is 19.4 Å². The van der Waals surface area contributed by atoms with Gasteiger partial charge in [0.05, 0.1) is 4.92 Å². The molecule has 1 saturated carbocycles. The summed E-state index contributed by atoms with van der Waals surface area (Å²) in [6, 6.07) is 4.22. The Labute approximate surface area is 124 Å². The molecule has 1 aromatic rings. The molecular formula is C13H19N3O4S. The van der Waals surface area contributed by atoms with Gasteiger partial charge in [0.2, 0.25) is 10.0 Å². The molecule has 0 saturated heterocycles. The average Bonchev–Trinajstić information content (AvgIpc) is 2.99. The van der Waals surface area contributed by atoms with Gasteiger partial charge in [-0.05, 0) is 25.0 Å². The maximum absolute atomic E-state index is 12.7. The summed E-state index contributed by atoms with van der Waals surface area (Å²) in [5, 5.41) is 13.9. The largest absolute Gasteiger partial charge is 0.383 e. The van der Waals surface area contributed by atoms with E-state index in [0.29, 0.717) is 0 Å². The summed E-state index contributed by atoms with van der Waals surface area (Å²) in [5.74, 6) is 0. The van der Waals surface area contributed by atoms with E-state index in [9.17, 15) is 18.5 Å². The number of sulfonamides is 1. The van der Waals surface area contributed by atoms with Crippen molar-refractivity contribution in [3.63, 3.8) is 0 Å². The van der Waals surface area contributed by atoms with Crippen LogP contribution in [-0.2, 0) is 10.0 Å². The Bertz CT molecular complexity index is 639. The van der Waals surface area contributed by atoms with Gasteiger partial charge in [-0.3, -0.25) is 10.1 Å². The minimum atomic E-state index is -3.88. The topological polar surface area (TPSA) is 92.6 Å². The summed E-state index contributed by atoms with van der Waals surface area (Å²) in [5.41, 5.74) is -0.203. The lowest BCUT2D eigenvalue weighted by atomic mass is 10.2. The van der Waals surface area contributed by atoms with Gasteiger partial charge in [-0.15, -0.1) is 0 Å². The second-order valence-corrected chi connectivity index (χ2v) is 7.08. The van der Waals surface area contributed by atoms with Gasteiger partial charge in [0.15, 0.2) is 4.90 Å². The van der Waals surface area contributed by atoms with Crippen LogP contribution in [0.1, 0.15) is 25.7 Å². The molecule has 1 fully saturated rings. The van der Waals surface area contributed by atoms with E-state index >= 15 is 0 Å². The molecule has 0 heterocycles. The van der Waals surface area contributed by atoms with Crippen molar-refractivity contribution in [3.8, 4) is 0 Å². The monoisotopic (exact) mass is 313 g/mol. The number of nitrogens with one attached hydrogen (secondary N) is 1. The summed E-state index contributed by atoms with van der Waals surface area (Å²) in [4.78, 5) is 10.4. The Morgan fingerprint density at radius 2 is 1.95 bits per heavy atom. The number of benzene rings is 1. The van der Waals surface area contributed by atoms with Crippen molar-refractivity contribution < 1.29 is 13.3 Å². The van der Waals surface area contributed by atoms with Gasteiger partial charge in [0.25, 0.3) is 0 Å². The third kappa shape index (κ3) is 2.86. The van der Waals surface area contributed by atoms with Crippen molar-refractivity contribution in [2.45, 2.75) is 36.6 Å². The van der Waals surface area contributed by atoms with Crippen LogP contribution in [0.3, 0.4) is 0 Å². The number of anilines is 1. The molecule has 0 unspecified atom stereocenters. The van der Waals surface area contributed by atoms with E-state index in [-0.39, 0.29) is 16.6 Å². The Balaban J connectivity index is 2.51. The molecule has 7 nitrogen and oxygen atoms in total. The Hall–Kier alpha value is -1.67. The zero-order valence-electron chi connectivity index (χ0n) is 12.1. The fourth-order valence-electron chi connectivity index (χ4n) is 2.74. The van der Waals surface area contributed by atoms with Crippen LogP contribution in [0.4, 0.5) is 11.4 Å². The number of nitro groups is 1. The molecule has 21 heavy (non-hydrogen) atoms. The van der Waals surface area contributed by atoms with Crippen LogP contribution in [0.2, 0.25) is 0 Å². The van der Waals surface area contributed by atoms with Crippen LogP contribution in [0.15, 0.2) is 23.1 Å². The number of rotatable bonds is 5. The first-order valence-electron chi connectivity index (χ1n) is 6.82. The van der Waals surface area contributed by atoms with Gasteiger partial charge >= 0.3 is 5.69 Å². The molecule has 1 N–H and O–H groups in total. The standard InChI is InChI=1S/C13H19N3O4S/c1-14-11-8-5-9-12(13(11)16(17)18)21(19,20)15(2)10-6-3-4-7-10/h5,8-10,14H,3-4,6-7H2,1-2H3. The zero-order valence-corrected chi connectivity index (χ0v) is 12.9. The minimum absolute atomic E-state index is 0.0761. The fourth-order valence-corrected chi connectivity index (χ4v) is 4.33. The molecular weight excluding hydrogens is 294 g/mol. The molecule has 0 radical (unpaired) electrons. The number of nitro benzene ring substituents is 1. The number of para-hydroxylation sites is 1. The number of nitrogens with zero attached hydrogens (tertiary/aromatic N) is 2. The fraction of sp³-hybridized carbons (Fsp3) is 0.538. The van der Waals surface area contributed by atoms with E-state index in [0.717, 1.165) is 25.7 Å². The summed E-state index contributed by atoms with van der Waals surface area (Å²) < 4.78 is 26.7. The first-order chi connectivity index (χ1) is 9.89. The van der Waals surface area contributed by atoms with Gasteiger partial charge in [-0.1, -0.05) is 18.9 Å². The van der Waals surface area contributed by atoms with Crippen molar-refractivity contribution in [2.24, 2.45) is 0 Å². The molecule has 0 aromatic heterocycles. The van der Waals surface area contributed by atoms with Gasteiger partial charge in [0, 0.05) is 20.1 Å². The predicted molar refractivity (Wildman–Crippen MR) is 79.8 cm³/mol. The molecule has 0 spiro atoms. The lowest BCUT2D eigenvalue weighted by Gasteiger charge is -2.23. The first kappa shape index (κ1) is 15.7. The molecule has 8 heteroatoms. The Morgan fingerprint density at radius 3 is 2.48 bits per heavy atom. The van der Waals surface area contributed by atoms with Crippen LogP contribution < -0.4 is 5.32 Å². The second-order valence-electron chi connectivity index (χ2n) is 5.12. The van der Waals surface area contributed by atoms with Gasteiger partial charge in [0.1, 0.15) is 5.69 Å². The van der Waals surface area contributed by atoms with Gasteiger partial charge < -0.3 is 5.32 Å². The van der Waals surface area contributed by atoms with Crippen LogP contribution in [0.5, 0.6) is 0 Å². The summed E-state index contributed by atoms with van der Waals surface area (Å²) in [7, 11) is -0.851. The lowest BCUT2D eigenvalue weighted by molar-refractivity contribution is -0.386. The smallest absolute Gasteiger partial charge is 0.312 e. The highest BCUT2D eigenvalue weighted by Gasteiger charge is 2.35. The van der Waals surface area contributed by atoms with Gasteiger partial charge in [-0.2, -0.15) is 4.31 Å². The van der Waals surface area contributed by atoms with Crippen LogP contribution in [-0.4, -0.2) is 37.8 Å². The average molecular weight is 313 g/mol. The Morgan fingerprint density at radius 1 is 1.33 bits per heavy atom. The molecule has 1 aliphatic carbocycles. The molecule has 0 aliphatic heterocycles. The molecule has 0 amide bonds. The second kappa shape index (κ2) is 5.98. The lowest BCUT2D eigenvalue weighted by Crippen LogP contribution is -2.35. The molecule has 0 bridgehead atoms. The van der Waals surface area contributed by atoms with Crippen LogP contribution in [0, 0.1) is 10.1 Å². The first-order valence-corrected chi connectivity index (χ1v) is 8.26. The summed E-state index contributed by atoms with van der Waals surface area (Å²) in [6.45, 7) is 0. The molecule has 1 aromatic carbocycles. The highest BCUT2D eigenvalue weighted by Crippen LogP contribution is 2.35. The highest BCUT2D eigenvalue weighted by atomic mass is 32.2. The normalized spacial score (nSPS) is 16.3. The van der Waals surface area contributed by atoms with Crippen LogP contribution >= 0.6 is 0 Å². The molecule has 116 valence electrons. The molecule has 2 rings (SSSR count). The molecule has 1 aliphatic rings. The van der Waals surface area contributed by atoms with Gasteiger partial charge in [-0.25, -0.2) is 8.42 Å². The maximum atomic E-state index is 12.7. The number of hydrogen-bond donors (Lipinski definition) is 1. The maximum Gasteiger partial charge on any atom is 0.312 e. The van der Waals surface area contributed by atoms with E-state index < -0.39 is 20.6 Å². The minimum Gasteiger partial charge on any atom is -0.383 e. The Kier molecular flexibility index (Phi) is 4.48. The van der Waals surface area contributed by atoms with Crippen molar-refractivity contribution >= 4 is 21.4 Å². The van der Waals surface area contributed by atoms with Crippen molar-refractivity contribution in [1.82, 2.24) is 4.31 Å². The van der Waals surface area contributed by atoms with Crippen LogP contribution in [0.25, 0.3) is 0 Å².